The maximum atomic E-state index is 12.4. The van der Waals surface area contributed by atoms with Gasteiger partial charge in [0.2, 0.25) is 5.91 Å². The second kappa shape index (κ2) is 7.82. The minimum Gasteiger partial charge on any atom is -0.361 e. The van der Waals surface area contributed by atoms with Crippen LogP contribution in [-0.2, 0) is 16.8 Å². The van der Waals surface area contributed by atoms with E-state index in [0.29, 0.717) is 6.54 Å². The van der Waals surface area contributed by atoms with E-state index in [-0.39, 0.29) is 11.3 Å². The maximum absolute atomic E-state index is 12.4. The third-order valence-electron chi connectivity index (χ3n) is 5.76. The lowest BCUT2D eigenvalue weighted by atomic mass is 9.96. The van der Waals surface area contributed by atoms with Crippen molar-refractivity contribution in [3.8, 4) is 0 Å². The number of nitrogens with one attached hydrogen (secondary N) is 1. The molecule has 6 nitrogen and oxygen atoms in total. The Morgan fingerprint density at radius 3 is 2.48 bits per heavy atom. The fourth-order valence-electron chi connectivity index (χ4n) is 3.86. The van der Waals surface area contributed by atoms with Gasteiger partial charge in [-0.3, -0.25) is 14.6 Å². The predicted octanol–water partition coefficient (Wildman–Crippen LogP) is 1.95. The Kier molecular flexibility index (Phi) is 5.27. The predicted molar refractivity (Wildman–Crippen MR) is 103 cm³/mol. The Morgan fingerprint density at radius 2 is 1.85 bits per heavy atom. The zero-order valence-corrected chi connectivity index (χ0v) is 16.0. The van der Waals surface area contributed by atoms with Gasteiger partial charge in [-0.15, -0.1) is 0 Å². The van der Waals surface area contributed by atoms with E-state index in [0.717, 1.165) is 63.6 Å². The van der Waals surface area contributed by atoms with E-state index in [1.54, 1.807) is 0 Å². The molecule has 2 fully saturated rings. The van der Waals surface area contributed by atoms with Crippen LogP contribution < -0.4 is 5.32 Å². The molecule has 0 unspecified atom stereocenters. The van der Waals surface area contributed by atoms with Crippen LogP contribution in [0.2, 0.25) is 0 Å². The fraction of sp³-hybridized carbons (Fsp3) is 0.524. The van der Waals surface area contributed by atoms with Gasteiger partial charge in [-0.2, -0.15) is 0 Å². The minimum atomic E-state index is 0.137. The monoisotopic (exact) mass is 368 g/mol. The van der Waals surface area contributed by atoms with E-state index in [1.807, 2.05) is 19.1 Å². The van der Waals surface area contributed by atoms with Gasteiger partial charge < -0.3 is 9.84 Å². The van der Waals surface area contributed by atoms with E-state index in [9.17, 15) is 4.79 Å². The van der Waals surface area contributed by atoms with Crippen molar-refractivity contribution < 1.29 is 9.32 Å². The zero-order valence-electron chi connectivity index (χ0n) is 16.0. The largest absolute Gasteiger partial charge is 0.361 e. The smallest absolute Gasteiger partial charge is 0.234 e. The number of nitrogens with zero attached hydrogens (tertiary/aromatic N) is 3. The summed E-state index contributed by atoms with van der Waals surface area (Å²) in [6, 6.07) is 12.5. The topological polar surface area (TPSA) is 61.6 Å². The first-order chi connectivity index (χ1) is 13.1. The molecule has 144 valence electrons. The second-order valence-electron chi connectivity index (χ2n) is 7.90. The first kappa shape index (κ1) is 18.2. The Balaban J connectivity index is 1.19. The van der Waals surface area contributed by atoms with Crippen LogP contribution in [0, 0.1) is 6.92 Å². The molecular weight excluding hydrogens is 340 g/mol. The summed E-state index contributed by atoms with van der Waals surface area (Å²) in [6.07, 6.45) is 2.33. The highest BCUT2D eigenvalue weighted by molar-refractivity contribution is 5.78. The highest BCUT2D eigenvalue weighted by Crippen LogP contribution is 2.47. The van der Waals surface area contributed by atoms with Crippen molar-refractivity contribution in [3.05, 3.63) is 53.4 Å². The Labute approximate surface area is 160 Å². The molecule has 2 heterocycles. The number of piperazine rings is 1. The van der Waals surface area contributed by atoms with Crippen LogP contribution in [0.4, 0.5) is 0 Å². The third kappa shape index (κ3) is 4.57. The normalized spacial score (nSPS) is 19.7. The van der Waals surface area contributed by atoms with Crippen molar-refractivity contribution in [2.75, 3.05) is 39.3 Å². The van der Waals surface area contributed by atoms with Crippen molar-refractivity contribution in [1.29, 1.82) is 0 Å². The summed E-state index contributed by atoms with van der Waals surface area (Å²) in [5, 5.41) is 7.23. The molecule has 6 heteroatoms. The highest BCUT2D eigenvalue weighted by atomic mass is 16.5. The molecule has 1 aliphatic heterocycles. The lowest BCUT2D eigenvalue weighted by molar-refractivity contribution is -0.122. The van der Waals surface area contributed by atoms with Gasteiger partial charge in [0, 0.05) is 50.7 Å². The molecule has 1 N–H and O–H groups in total. The Bertz CT molecular complexity index is 761. The van der Waals surface area contributed by atoms with E-state index in [4.69, 9.17) is 4.52 Å². The van der Waals surface area contributed by atoms with Crippen LogP contribution in [-0.4, -0.2) is 60.1 Å². The molecule has 0 spiro atoms. The van der Waals surface area contributed by atoms with Crippen LogP contribution >= 0.6 is 0 Å². The van der Waals surface area contributed by atoms with E-state index in [1.165, 1.54) is 5.56 Å². The van der Waals surface area contributed by atoms with Gasteiger partial charge in [-0.1, -0.05) is 35.5 Å². The quantitative estimate of drug-likeness (QED) is 0.809. The van der Waals surface area contributed by atoms with Crippen molar-refractivity contribution in [2.45, 2.75) is 31.7 Å². The summed E-state index contributed by atoms with van der Waals surface area (Å²) >= 11 is 0. The summed E-state index contributed by atoms with van der Waals surface area (Å²) in [6.45, 7) is 7.69. The first-order valence-electron chi connectivity index (χ1n) is 9.82. The summed E-state index contributed by atoms with van der Waals surface area (Å²) < 4.78 is 5.13. The molecule has 0 atom stereocenters. The van der Waals surface area contributed by atoms with Gasteiger partial charge in [0.15, 0.2) is 0 Å². The molecule has 2 aliphatic rings. The van der Waals surface area contributed by atoms with Gasteiger partial charge in [0.05, 0.1) is 12.2 Å². The number of rotatable bonds is 7. The van der Waals surface area contributed by atoms with Crippen LogP contribution in [0.3, 0.4) is 0 Å². The highest BCUT2D eigenvalue weighted by Gasteiger charge is 2.44. The number of carbonyl (C=O) groups excluding carboxylic acids is 1. The van der Waals surface area contributed by atoms with E-state index < -0.39 is 0 Å². The molecule has 4 rings (SSSR count). The van der Waals surface area contributed by atoms with Gasteiger partial charge in [0.25, 0.3) is 0 Å². The van der Waals surface area contributed by atoms with Gasteiger partial charge in [-0.05, 0) is 25.3 Å². The van der Waals surface area contributed by atoms with Gasteiger partial charge in [-0.25, -0.2) is 0 Å². The Hall–Kier alpha value is -2.18. The van der Waals surface area contributed by atoms with Crippen molar-refractivity contribution in [2.24, 2.45) is 0 Å². The van der Waals surface area contributed by atoms with Crippen molar-refractivity contribution in [3.63, 3.8) is 0 Å². The van der Waals surface area contributed by atoms with Crippen molar-refractivity contribution >= 4 is 5.91 Å². The average molecular weight is 368 g/mol. The van der Waals surface area contributed by atoms with Gasteiger partial charge >= 0.3 is 0 Å². The summed E-state index contributed by atoms with van der Waals surface area (Å²) in [5.41, 5.74) is 2.50. The lowest BCUT2D eigenvalue weighted by Gasteiger charge is -2.33. The first-order valence-corrected chi connectivity index (χ1v) is 9.82. The SMILES string of the molecule is Cc1cc(CN2CCN(CC(=O)NCC3(c4ccccc4)CC3)CC2)no1. The number of aryl methyl sites for hydroxylation is 1. The van der Waals surface area contributed by atoms with Crippen LogP contribution in [0.1, 0.15) is 29.9 Å². The summed E-state index contributed by atoms with van der Waals surface area (Å²) in [4.78, 5) is 17.0. The maximum Gasteiger partial charge on any atom is 0.234 e. The molecule has 0 radical (unpaired) electrons. The number of hydrogen-bond donors (Lipinski definition) is 1. The third-order valence-corrected chi connectivity index (χ3v) is 5.76. The lowest BCUT2D eigenvalue weighted by Crippen LogP contribution is -2.49. The minimum absolute atomic E-state index is 0.137. The molecule has 1 amide bonds. The Morgan fingerprint density at radius 1 is 1.15 bits per heavy atom. The van der Waals surface area contributed by atoms with Crippen LogP contribution in [0.15, 0.2) is 40.9 Å². The number of amides is 1. The summed E-state index contributed by atoms with van der Waals surface area (Å²) in [7, 11) is 0. The van der Waals surface area contributed by atoms with E-state index >= 15 is 0 Å². The number of carbonyl (C=O) groups is 1. The number of aromatic nitrogens is 1. The second-order valence-corrected chi connectivity index (χ2v) is 7.90. The van der Waals surface area contributed by atoms with Crippen LogP contribution in [0.25, 0.3) is 0 Å². The number of benzene rings is 1. The molecule has 1 aromatic heterocycles. The molecule has 2 aromatic rings. The molecule has 1 aliphatic carbocycles. The van der Waals surface area contributed by atoms with Gasteiger partial charge in [0.1, 0.15) is 5.76 Å². The van der Waals surface area contributed by atoms with E-state index in [2.05, 4.69) is 44.5 Å². The molecule has 1 saturated carbocycles. The summed E-state index contributed by atoms with van der Waals surface area (Å²) in [5.74, 6) is 0.988. The zero-order chi connectivity index (χ0) is 18.7. The molecular formula is C21H28N4O2. The van der Waals surface area contributed by atoms with Crippen LogP contribution in [0.5, 0.6) is 0 Å². The molecule has 27 heavy (non-hydrogen) atoms. The fourth-order valence-corrected chi connectivity index (χ4v) is 3.86. The molecule has 0 bridgehead atoms. The standard InChI is InChI=1S/C21H28N4O2/c1-17-13-19(23-27-17)14-24-9-11-25(12-10-24)15-20(26)22-16-21(7-8-21)18-5-3-2-4-6-18/h2-6,13H,7-12,14-16H2,1H3,(H,22,26). The molecule has 1 saturated heterocycles. The number of hydrogen-bond acceptors (Lipinski definition) is 5. The average Bonchev–Trinajstić information content (AvgIpc) is 3.38. The molecule has 1 aromatic carbocycles. The van der Waals surface area contributed by atoms with Crippen molar-refractivity contribution in [1.82, 2.24) is 20.3 Å².